The van der Waals surface area contributed by atoms with Crippen molar-refractivity contribution in [3.05, 3.63) is 41.5 Å². The van der Waals surface area contributed by atoms with E-state index in [4.69, 9.17) is 4.74 Å². The molecule has 2 rings (SSSR count). The molecule has 0 N–H and O–H groups in total. The second kappa shape index (κ2) is 6.79. The van der Waals surface area contributed by atoms with E-state index in [1.807, 2.05) is 17.9 Å². The van der Waals surface area contributed by atoms with Crippen LogP contribution in [-0.4, -0.2) is 30.5 Å². The number of carbonyl (C=O) groups is 1. The van der Waals surface area contributed by atoms with Crippen molar-refractivity contribution in [3.63, 3.8) is 0 Å². The van der Waals surface area contributed by atoms with Gasteiger partial charge in [-0.1, -0.05) is 38.1 Å². The number of benzene rings is 1. The van der Waals surface area contributed by atoms with Gasteiger partial charge in [-0.2, -0.15) is 0 Å². The van der Waals surface area contributed by atoms with Crippen LogP contribution < -0.4 is 4.74 Å². The average molecular weight is 287 g/mol. The van der Waals surface area contributed by atoms with Gasteiger partial charge in [-0.25, -0.2) is 0 Å². The molecule has 0 bridgehead atoms. The largest absolute Gasteiger partial charge is 0.483 e. The number of amides is 1. The molecule has 1 aliphatic heterocycles. The third kappa shape index (κ3) is 4.10. The third-order valence-corrected chi connectivity index (χ3v) is 4.05. The number of aryl methyl sites for hydroxylation is 1. The van der Waals surface area contributed by atoms with Crippen LogP contribution in [0.4, 0.5) is 0 Å². The molecule has 0 radical (unpaired) electrons. The first-order valence-electron chi connectivity index (χ1n) is 7.65. The zero-order valence-corrected chi connectivity index (χ0v) is 13.3. The van der Waals surface area contributed by atoms with Crippen LogP contribution >= 0.6 is 0 Å². The molecular formula is C18H25NO2. The minimum absolute atomic E-state index is 0.0665. The third-order valence-electron chi connectivity index (χ3n) is 4.05. The zero-order chi connectivity index (χ0) is 15.4. The SMILES string of the molecule is C=C1CCN(C(=O)COc2cc(C(C)C)ccc2C)CC1. The lowest BCUT2D eigenvalue weighted by Gasteiger charge is -2.28. The van der Waals surface area contributed by atoms with E-state index in [1.54, 1.807) is 0 Å². The van der Waals surface area contributed by atoms with Gasteiger partial charge in [-0.3, -0.25) is 4.79 Å². The molecule has 114 valence electrons. The Morgan fingerprint density at radius 2 is 2.00 bits per heavy atom. The van der Waals surface area contributed by atoms with Gasteiger partial charge in [0, 0.05) is 13.1 Å². The maximum atomic E-state index is 12.2. The molecule has 0 aromatic heterocycles. The van der Waals surface area contributed by atoms with Crippen LogP contribution in [0, 0.1) is 6.92 Å². The summed E-state index contributed by atoms with van der Waals surface area (Å²) < 4.78 is 5.76. The monoisotopic (exact) mass is 287 g/mol. The first-order chi connectivity index (χ1) is 9.97. The molecule has 1 aromatic rings. The highest BCUT2D eigenvalue weighted by Crippen LogP contribution is 2.24. The van der Waals surface area contributed by atoms with Crippen LogP contribution in [0.2, 0.25) is 0 Å². The highest BCUT2D eigenvalue weighted by molar-refractivity contribution is 5.78. The van der Waals surface area contributed by atoms with Gasteiger partial charge in [0.2, 0.25) is 0 Å². The summed E-state index contributed by atoms with van der Waals surface area (Å²) in [5, 5.41) is 0. The Morgan fingerprint density at radius 3 is 2.62 bits per heavy atom. The van der Waals surface area contributed by atoms with Gasteiger partial charge in [0.15, 0.2) is 6.61 Å². The Morgan fingerprint density at radius 1 is 1.33 bits per heavy atom. The first kappa shape index (κ1) is 15.6. The number of rotatable bonds is 4. The maximum Gasteiger partial charge on any atom is 0.260 e. The van der Waals surface area contributed by atoms with E-state index in [9.17, 15) is 4.79 Å². The van der Waals surface area contributed by atoms with Gasteiger partial charge in [0.05, 0.1) is 0 Å². The molecule has 3 nitrogen and oxygen atoms in total. The van der Waals surface area contributed by atoms with E-state index < -0.39 is 0 Å². The molecule has 1 fully saturated rings. The van der Waals surface area contributed by atoms with Crippen LogP contribution in [-0.2, 0) is 4.79 Å². The van der Waals surface area contributed by atoms with E-state index in [0.29, 0.717) is 5.92 Å². The Kier molecular flexibility index (Phi) is 5.05. The number of hydrogen-bond donors (Lipinski definition) is 0. The summed E-state index contributed by atoms with van der Waals surface area (Å²) in [4.78, 5) is 14.1. The molecule has 0 unspecified atom stereocenters. The number of nitrogens with zero attached hydrogens (tertiary/aromatic N) is 1. The Bertz CT molecular complexity index is 524. The highest BCUT2D eigenvalue weighted by Gasteiger charge is 2.18. The average Bonchev–Trinajstić information content (AvgIpc) is 2.46. The fourth-order valence-corrected chi connectivity index (χ4v) is 2.43. The smallest absolute Gasteiger partial charge is 0.260 e. The minimum Gasteiger partial charge on any atom is -0.483 e. The zero-order valence-electron chi connectivity index (χ0n) is 13.3. The molecule has 3 heteroatoms. The first-order valence-corrected chi connectivity index (χ1v) is 7.65. The summed E-state index contributed by atoms with van der Waals surface area (Å²) in [6.45, 7) is 11.9. The Hall–Kier alpha value is -1.77. The van der Waals surface area contributed by atoms with E-state index in [0.717, 1.165) is 37.2 Å². The lowest BCUT2D eigenvalue weighted by Crippen LogP contribution is -2.39. The molecule has 0 saturated carbocycles. The summed E-state index contributed by atoms with van der Waals surface area (Å²) in [6, 6.07) is 6.22. The summed E-state index contributed by atoms with van der Waals surface area (Å²) >= 11 is 0. The van der Waals surface area contributed by atoms with Crippen molar-refractivity contribution in [2.24, 2.45) is 0 Å². The molecular weight excluding hydrogens is 262 g/mol. The van der Waals surface area contributed by atoms with Crippen molar-refractivity contribution in [1.29, 1.82) is 0 Å². The number of likely N-dealkylation sites (tertiary alicyclic amines) is 1. The van der Waals surface area contributed by atoms with Crippen LogP contribution in [0.3, 0.4) is 0 Å². The van der Waals surface area contributed by atoms with Crippen molar-refractivity contribution in [2.75, 3.05) is 19.7 Å². The van der Waals surface area contributed by atoms with Crippen molar-refractivity contribution in [1.82, 2.24) is 4.90 Å². The predicted molar refractivity (Wildman–Crippen MR) is 85.7 cm³/mol. The number of piperidine rings is 1. The molecule has 1 saturated heterocycles. The van der Waals surface area contributed by atoms with Gasteiger partial charge in [-0.15, -0.1) is 0 Å². The standard InChI is InChI=1S/C18H25NO2/c1-13(2)16-6-5-15(4)17(11-16)21-12-18(20)19-9-7-14(3)8-10-19/h5-6,11,13H,3,7-10,12H2,1-2,4H3. The van der Waals surface area contributed by atoms with Gasteiger partial charge >= 0.3 is 0 Å². The van der Waals surface area contributed by atoms with E-state index in [1.165, 1.54) is 11.1 Å². The van der Waals surface area contributed by atoms with Crippen molar-refractivity contribution in [2.45, 2.75) is 39.5 Å². The number of hydrogen-bond acceptors (Lipinski definition) is 2. The minimum atomic E-state index is 0.0665. The van der Waals surface area contributed by atoms with Crippen LogP contribution in [0.1, 0.15) is 43.7 Å². The molecule has 1 amide bonds. The second-order valence-corrected chi connectivity index (χ2v) is 6.10. The summed E-state index contributed by atoms with van der Waals surface area (Å²) in [7, 11) is 0. The van der Waals surface area contributed by atoms with Gasteiger partial charge < -0.3 is 9.64 Å². The molecule has 0 spiro atoms. The quantitative estimate of drug-likeness (QED) is 0.791. The predicted octanol–water partition coefficient (Wildman–Crippen LogP) is 3.68. The summed E-state index contributed by atoms with van der Waals surface area (Å²) in [5.74, 6) is 1.34. The second-order valence-electron chi connectivity index (χ2n) is 6.10. The fourth-order valence-electron chi connectivity index (χ4n) is 2.43. The molecule has 1 aliphatic rings. The van der Waals surface area contributed by atoms with Gasteiger partial charge in [0.1, 0.15) is 5.75 Å². The molecule has 1 heterocycles. The molecule has 0 aliphatic carbocycles. The van der Waals surface area contributed by atoms with E-state index in [-0.39, 0.29) is 12.5 Å². The normalized spacial score (nSPS) is 15.4. The van der Waals surface area contributed by atoms with Gasteiger partial charge in [0.25, 0.3) is 5.91 Å². The lowest BCUT2D eigenvalue weighted by molar-refractivity contribution is -0.133. The maximum absolute atomic E-state index is 12.2. The highest BCUT2D eigenvalue weighted by atomic mass is 16.5. The van der Waals surface area contributed by atoms with Gasteiger partial charge in [-0.05, 0) is 42.9 Å². The number of ether oxygens (including phenoxy) is 1. The summed E-state index contributed by atoms with van der Waals surface area (Å²) in [5.41, 5.74) is 3.54. The van der Waals surface area contributed by atoms with Crippen molar-refractivity contribution in [3.8, 4) is 5.75 Å². The lowest BCUT2D eigenvalue weighted by atomic mass is 10.0. The number of carbonyl (C=O) groups excluding carboxylic acids is 1. The fraction of sp³-hybridized carbons (Fsp3) is 0.500. The van der Waals surface area contributed by atoms with Crippen molar-refractivity contribution >= 4 is 5.91 Å². The van der Waals surface area contributed by atoms with Crippen LogP contribution in [0.25, 0.3) is 0 Å². The van der Waals surface area contributed by atoms with Crippen LogP contribution in [0.15, 0.2) is 30.4 Å². The van der Waals surface area contributed by atoms with Crippen LogP contribution in [0.5, 0.6) is 5.75 Å². The molecule has 1 aromatic carbocycles. The van der Waals surface area contributed by atoms with E-state index in [2.05, 4.69) is 32.6 Å². The van der Waals surface area contributed by atoms with E-state index >= 15 is 0 Å². The van der Waals surface area contributed by atoms with Crippen molar-refractivity contribution < 1.29 is 9.53 Å². The summed E-state index contributed by atoms with van der Waals surface area (Å²) in [6.07, 6.45) is 1.82. The topological polar surface area (TPSA) is 29.5 Å². The molecule has 0 atom stereocenters. The Balaban J connectivity index is 1.94. The Labute approximate surface area is 127 Å². The molecule has 21 heavy (non-hydrogen) atoms.